The number of hydrogen-bond donors (Lipinski definition) is 1. The molecule has 1 aromatic rings. The summed E-state index contributed by atoms with van der Waals surface area (Å²) in [4.78, 5) is 14.5. The van der Waals surface area contributed by atoms with Crippen molar-refractivity contribution in [1.29, 1.82) is 0 Å². The maximum Gasteiger partial charge on any atom is 0.260 e. The number of piperidine rings is 1. The highest BCUT2D eigenvalue weighted by molar-refractivity contribution is 5.80. The Balaban J connectivity index is 1.70. The smallest absolute Gasteiger partial charge is 0.260 e. The third-order valence-electron chi connectivity index (χ3n) is 4.41. The Morgan fingerprint density at radius 2 is 2.04 bits per heavy atom. The second-order valence-electron chi connectivity index (χ2n) is 6.27. The summed E-state index contributed by atoms with van der Waals surface area (Å²) in [6.45, 7) is 4.81. The van der Waals surface area contributed by atoms with Gasteiger partial charge in [-0.25, -0.2) is 0 Å². The largest absolute Gasteiger partial charge is 0.497 e. The van der Waals surface area contributed by atoms with Crippen LogP contribution in [0.4, 0.5) is 0 Å². The number of carbonyl (C=O) groups excluding carboxylic acids is 1. The Hall–Kier alpha value is -1.75. The van der Waals surface area contributed by atoms with Gasteiger partial charge in [0, 0.05) is 12.6 Å². The van der Waals surface area contributed by atoms with Gasteiger partial charge in [-0.3, -0.25) is 4.79 Å². The molecule has 1 atom stereocenters. The van der Waals surface area contributed by atoms with E-state index in [9.17, 15) is 4.79 Å². The maximum atomic E-state index is 12.1. The fourth-order valence-electron chi connectivity index (χ4n) is 2.83. The molecule has 0 saturated carbocycles. The number of amides is 1. The molecule has 0 spiro atoms. The van der Waals surface area contributed by atoms with Crippen LogP contribution in [-0.4, -0.2) is 50.7 Å². The van der Waals surface area contributed by atoms with E-state index in [4.69, 9.17) is 9.47 Å². The fourth-order valence-corrected chi connectivity index (χ4v) is 2.83. The van der Waals surface area contributed by atoms with E-state index in [1.807, 2.05) is 18.2 Å². The van der Waals surface area contributed by atoms with Crippen molar-refractivity contribution in [1.82, 2.24) is 10.2 Å². The molecule has 1 N–H and O–H groups in total. The molecule has 2 rings (SSSR count). The van der Waals surface area contributed by atoms with Crippen molar-refractivity contribution >= 4 is 5.91 Å². The lowest BCUT2D eigenvalue weighted by Crippen LogP contribution is -2.38. The first kappa shape index (κ1) is 17.6. The highest BCUT2D eigenvalue weighted by Gasteiger charge is 2.18. The molecule has 1 aliphatic rings. The molecule has 0 radical (unpaired) electrons. The van der Waals surface area contributed by atoms with Gasteiger partial charge in [-0.05, 0) is 64.4 Å². The van der Waals surface area contributed by atoms with E-state index in [0.717, 1.165) is 37.7 Å². The molecule has 5 heteroatoms. The Morgan fingerprint density at radius 3 is 2.74 bits per heavy atom. The Kier molecular flexibility index (Phi) is 6.71. The van der Waals surface area contributed by atoms with Crippen LogP contribution < -0.4 is 14.8 Å². The third-order valence-corrected chi connectivity index (χ3v) is 4.41. The zero-order valence-corrected chi connectivity index (χ0v) is 14.4. The quantitative estimate of drug-likeness (QED) is 0.837. The summed E-state index contributed by atoms with van der Waals surface area (Å²) in [6, 6.07) is 7.30. The van der Waals surface area contributed by atoms with Crippen LogP contribution in [0.1, 0.15) is 26.2 Å². The molecule has 1 fully saturated rings. The lowest BCUT2D eigenvalue weighted by molar-refractivity contribution is -0.127. The number of nitrogens with zero attached hydrogens (tertiary/aromatic N) is 1. The Labute approximate surface area is 139 Å². The number of hydrogen-bond acceptors (Lipinski definition) is 4. The van der Waals surface area contributed by atoms with Crippen molar-refractivity contribution in [3.8, 4) is 11.5 Å². The summed E-state index contributed by atoms with van der Waals surface area (Å²) >= 11 is 0. The van der Waals surface area contributed by atoms with E-state index in [-0.39, 0.29) is 5.91 Å². The molecule has 1 saturated heterocycles. The maximum absolute atomic E-state index is 12.1. The average molecular weight is 320 g/mol. The van der Waals surface area contributed by atoms with Crippen molar-refractivity contribution < 1.29 is 14.3 Å². The van der Waals surface area contributed by atoms with Crippen molar-refractivity contribution in [2.75, 3.05) is 33.8 Å². The number of likely N-dealkylation sites (tertiary alicyclic amines) is 1. The van der Waals surface area contributed by atoms with E-state index < -0.39 is 6.10 Å². The van der Waals surface area contributed by atoms with E-state index in [1.165, 1.54) is 12.8 Å². The monoisotopic (exact) mass is 320 g/mol. The van der Waals surface area contributed by atoms with Gasteiger partial charge in [-0.2, -0.15) is 0 Å². The van der Waals surface area contributed by atoms with E-state index in [1.54, 1.807) is 20.1 Å². The van der Waals surface area contributed by atoms with Gasteiger partial charge in [0.15, 0.2) is 6.10 Å². The van der Waals surface area contributed by atoms with Crippen LogP contribution in [-0.2, 0) is 4.79 Å². The van der Waals surface area contributed by atoms with Crippen LogP contribution in [0.15, 0.2) is 24.3 Å². The van der Waals surface area contributed by atoms with Crippen LogP contribution >= 0.6 is 0 Å². The molecule has 128 valence electrons. The molecule has 1 aliphatic heterocycles. The van der Waals surface area contributed by atoms with Gasteiger partial charge in [0.2, 0.25) is 0 Å². The van der Waals surface area contributed by atoms with Gasteiger partial charge < -0.3 is 19.7 Å². The highest BCUT2D eigenvalue weighted by atomic mass is 16.5. The minimum Gasteiger partial charge on any atom is -0.497 e. The van der Waals surface area contributed by atoms with Gasteiger partial charge >= 0.3 is 0 Å². The molecular weight excluding hydrogens is 292 g/mol. The summed E-state index contributed by atoms with van der Waals surface area (Å²) in [5.74, 6) is 2.02. The van der Waals surface area contributed by atoms with Gasteiger partial charge in [0.05, 0.1) is 7.11 Å². The summed E-state index contributed by atoms with van der Waals surface area (Å²) < 4.78 is 10.8. The van der Waals surface area contributed by atoms with E-state index in [0.29, 0.717) is 5.75 Å². The predicted molar refractivity (Wildman–Crippen MR) is 90.9 cm³/mol. The minimum atomic E-state index is -0.514. The van der Waals surface area contributed by atoms with Gasteiger partial charge in [0.25, 0.3) is 5.91 Å². The van der Waals surface area contributed by atoms with Crippen molar-refractivity contribution in [3.63, 3.8) is 0 Å². The van der Waals surface area contributed by atoms with Gasteiger partial charge in [0.1, 0.15) is 11.5 Å². The second-order valence-corrected chi connectivity index (χ2v) is 6.27. The number of nitrogens with one attached hydrogen (secondary N) is 1. The lowest BCUT2D eigenvalue weighted by Gasteiger charge is -2.29. The van der Waals surface area contributed by atoms with Crippen molar-refractivity contribution in [2.24, 2.45) is 5.92 Å². The van der Waals surface area contributed by atoms with E-state index >= 15 is 0 Å². The topological polar surface area (TPSA) is 50.8 Å². The number of rotatable bonds is 7. The van der Waals surface area contributed by atoms with Crippen molar-refractivity contribution in [2.45, 2.75) is 32.3 Å². The molecule has 1 heterocycles. The Bertz CT molecular complexity index is 499. The summed E-state index contributed by atoms with van der Waals surface area (Å²) in [7, 11) is 3.77. The molecule has 0 unspecified atom stereocenters. The van der Waals surface area contributed by atoms with E-state index in [2.05, 4.69) is 17.3 Å². The minimum absolute atomic E-state index is 0.0688. The summed E-state index contributed by atoms with van der Waals surface area (Å²) in [6.07, 6.45) is 2.98. The molecular formula is C18H28N2O3. The number of ether oxygens (including phenoxy) is 2. The Morgan fingerprint density at radius 1 is 1.35 bits per heavy atom. The number of methoxy groups -OCH3 is 1. The van der Waals surface area contributed by atoms with Gasteiger partial charge in [-0.1, -0.05) is 6.07 Å². The first-order valence-electron chi connectivity index (χ1n) is 8.35. The lowest BCUT2D eigenvalue weighted by atomic mass is 9.94. The molecule has 1 aromatic carbocycles. The first-order chi connectivity index (χ1) is 11.1. The SMILES string of the molecule is COc1cccc(O[C@@H](C)C(=O)NCCC2CCN(C)CC2)c1. The predicted octanol–water partition coefficient (Wildman–Crippen LogP) is 2.31. The average Bonchev–Trinajstić information content (AvgIpc) is 2.56. The third kappa shape index (κ3) is 5.75. The highest BCUT2D eigenvalue weighted by Crippen LogP contribution is 2.20. The zero-order valence-electron chi connectivity index (χ0n) is 14.4. The molecule has 23 heavy (non-hydrogen) atoms. The number of benzene rings is 1. The van der Waals surface area contributed by atoms with Crippen LogP contribution in [0, 0.1) is 5.92 Å². The first-order valence-corrected chi connectivity index (χ1v) is 8.35. The van der Waals surface area contributed by atoms with Gasteiger partial charge in [-0.15, -0.1) is 0 Å². The molecule has 0 aromatic heterocycles. The molecule has 1 amide bonds. The molecule has 5 nitrogen and oxygen atoms in total. The number of carbonyl (C=O) groups is 1. The second kappa shape index (κ2) is 8.77. The fraction of sp³-hybridized carbons (Fsp3) is 0.611. The molecule has 0 aliphatic carbocycles. The standard InChI is InChI=1S/C18H28N2O3/c1-14(23-17-6-4-5-16(13-17)22-3)18(21)19-10-7-15-8-11-20(2)12-9-15/h4-6,13-15H,7-12H2,1-3H3,(H,19,21)/t14-/m0/s1. The zero-order chi connectivity index (χ0) is 16.7. The van der Waals surface area contributed by atoms with Crippen LogP contribution in [0.5, 0.6) is 11.5 Å². The van der Waals surface area contributed by atoms with Crippen LogP contribution in [0.25, 0.3) is 0 Å². The molecule has 0 bridgehead atoms. The van der Waals surface area contributed by atoms with Crippen LogP contribution in [0.2, 0.25) is 0 Å². The normalized spacial score (nSPS) is 17.5. The summed E-state index contributed by atoms with van der Waals surface area (Å²) in [5, 5.41) is 2.98. The summed E-state index contributed by atoms with van der Waals surface area (Å²) in [5.41, 5.74) is 0. The van der Waals surface area contributed by atoms with Crippen molar-refractivity contribution in [3.05, 3.63) is 24.3 Å². The van der Waals surface area contributed by atoms with Crippen LogP contribution in [0.3, 0.4) is 0 Å².